The lowest BCUT2D eigenvalue weighted by atomic mass is 10.1. The number of aromatic amines is 1. The SMILES string of the molecule is O=c1[nH]cncc1-c1cc(F)c(F)c(F)c1. The van der Waals surface area contributed by atoms with Crippen LogP contribution in [0.5, 0.6) is 0 Å². The summed E-state index contributed by atoms with van der Waals surface area (Å²) in [4.78, 5) is 17.1. The van der Waals surface area contributed by atoms with Gasteiger partial charge in [0.15, 0.2) is 17.5 Å². The molecule has 1 aromatic heterocycles. The molecule has 0 radical (unpaired) electrons. The molecule has 2 aromatic rings. The zero-order chi connectivity index (χ0) is 11.7. The second kappa shape index (κ2) is 3.80. The molecule has 0 aliphatic carbocycles. The minimum atomic E-state index is -1.57. The van der Waals surface area contributed by atoms with Crippen LogP contribution >= 0.6 is 0 Å². The lowest BCUT2D eigenvalue weighted by Gasteiger charge is -2.01. The molecule has 0 fully saturated rings. The number of rotatable bonds is 1. The molecule has 1 heterocycles. The van der Waals surface area contributed by atoms with Gasteiger partial charge in [-0.05, 0) is 17.7 Å². The van der Waals surface area contributed by atoms with Gasteiger partial charge in [0.05, 0.1) is 11.9 Å². The highest BCUT2D eigenvalue weighted by molar-refractivity contribution is 5.61. The number of nitrogens with one attached hydrogen (secondary N) is 1. The molecule has 0 aliphatic rings. The first-order valence-electron chi connectivity index (χ1n) is 4.27. The van der Waals surface area contributed by atoms with E-state index < -0.39 is 23.0 Å². The van der Waals surface area contributed by atoms with Crippen LogP contribution in [-0.2, 0) is 0 Å². The van der Waals surface area contributed by atoms with E-state index in [0.29, 0.717) is 0 Å². The molecule has 0 saturated heterocycles. The van der Waals surface area contributed by atoms with E-state index >= 15 is 0 Å². The highest BCUT2D eigenvalue weighted by Gasteiger charge is 2.13. The van der Waals surface area contributed by atoms with Crippen LogP contribution in [0, 0.1) is 17.5 Å². The summed E-state index contributed by atoms with van der Waals surface area (Å²) in [6.07, 6.45) is 2.28. The molecule has 1 N–H and O–H groups in total. The van der Waals surface area contributed by atoms with E-state index in [1.54, 1.807) is 0 Å². The van der Waals surface area contributed by atoms with Gasteiger partial charge >= 0.3 is 0 Å². The number of nitrogens with zero attached hydrogens (tertiary/aromatic N) is 1. The topological polar surface area (TPSA) is 45.8 Å². The highest BCUT2D eigenvalue weighted by atomic mass is 19.2. The first kappa shape index (κ1) is 10.4. The lowest BCUT2D eigenvalue weighted by Crippen LogP contribution is -2.09. The quantitative estimate of drug-likeness (QED) is 0.754. The van der Waals surface area contributed by atoms with Crippen LogP contribution < -0.4 is 5.56 Å². The van der Waals surface area contributed by atoms with Gasteiger partial charge in [-0.2, -0.15) is 0 Å². The Kier molecular flexibility index (Phi) is 2.47. The smallest absolute Gasteiger partial charge is 0.258 e. The summed E-state index contributed by atoms with van der Waals surface area (Å²) < 4.78 is 38.5. The number of hydrogen-bond acceptors (Lipinski definition) is 2. The van der Waals surface area contributed by atoms with E-state index in [9.17, 15) is 18.0 Å². The van der Waals surface area contributed by atoms with Gasteiger partial charge in [-0.25, -0.2) is 18.2 Å². The monoisotopic (exact) mass is 226 g/mol. The van der Waals surface area contributed by atoms with Crippen LogP contribution in [0.15, 0.2) is 29.5 Å². The van der Waals surface area contributed by atoms with Gasteiger partial charge in [-0.15, -0.1) is 0 Å². The van der Waals surface area contributed by atoms with Gasteiger partial charge < -0.3 is 4.98 Å². The maximum absolute atomic E-state index is 12.9. The minimum Gasteiger partial charge on any atom is -0.313 e. The second-order valence-electron chi connectivity index (χ2n) is 3.05. The number of H-pyrrole nitrogens is 1. The van der Waals surface area contributed by atoms with Crippen molar-refractivity contribution in [2.24, 2.45) is 0 Å². The summed E-state index contributed by atoms with van der Waals surface area (Å²) in [6.45, 7) is 0. The summed E-state index contributed by atoms with van der Waals surface area (Å²) in [7, 11) is 0. The van der Waals surface area contributed by atoms with Crippen molar-refractivity contribution in [2.75, 3.05) is 0 Å². The Morgan fingerprint density at radius 2 is 1.75 bits per heavy atom. The molecule has 1 aromatic carbocycles. The molecule has 0 spiro atoms. The Morgan fingerprint density at radius 3 is 2.31 bits per heavy atom. The van der Waals surface area contributed by atoms with Gasteiger partial charge in [0.1, 0.15) is 0 Å². The largest absolute Gasteiger partial charge is 0.313 e. The molecular weight excluding hydrogens is 221 g/mol. The summed E-state index contributed by atoms with van der Waals surface area (Å²) in [5.41, 5.74) is -0.647. The fourth-order valence-electron chi connectivity index (χ4n) is 1.26. The second-order valence-corrected chi connectivity index (χ2v) is 3.05. The fourth-order valence-corrected chi connectivity index (χ4v) is 1.26. The predicted octanol–water partition coefficient (Wildman–Crippen LogP) is 1.85. The third kappa shape index (κ3) is 1.69. The van der Waals surface area contributed by atoms with Crippen LogP contribution in [0.3, 0.4) is 0 Å². The van der Waals surface area contributed by atoms with Gasteiger partial charge in [0.25, 0.3) is 5.56 Å². The standard InChI is InChI=1S/C10H5F3N2O/c11-7-1-5(2-8(12)9(7)13)6-3-14-4-15-10(6)16/h1-4H,(H,14,15,16). The maximum atomic E-state index is 12.9. The van der Waals surface area contributed by atoms with Gasteiger partial charge in [-0.3, -0.25) is 4.79 Å². The third-order valence-electron chi connectivity index (χ3n) is 2.01. The summed E-state index contributed by atoms with van der Waals surface area (Å²) in [5.74, 6) is -4.26. The van der Waals surface area contributed by atoms with Crippen LogP contribution in [0.4, 0.5) is 13.2 Å². The zero-order valence-electron chi connectivity index (χ0n) is 7.80. The van der Waals surface area contributed by atoms with Crippen LogP contribution in [0.25, 0.3) is 11.1 Å². The van der Waals surface area contributed by atoms with Crippen LogP contribution in [0.2, 0.25) is 0 Å². The molecule has 0 unspecified atom stereocenters. The van der Waals surface area contributed by atoms with Crippen molar-refractivity contribution < 1.29 is 13.2 Å². The summed E-state index contributed by atoms with van der Waals surface area (Å²) in [5, 5.41) is 0. The lowest BCUT2D eigenvalue weighted by molar-refractivity contribution is 0.447. The minimum absolute atomic E-state index is 0.0275. The molecule has 0 aliphatic heterocycles. The third-order valence-corrected chi connectivity index (χ3v) is 2.01. The molecule has 3 nitrogen and oxygen atoms in total. The molecule has 0 bridgehead atoms. The molecule has 0 amide bonds. The summed E-state index contributed by atoms with van der Waals surface area (Å²) in [6, 6.07) is 1.48. The van der Waals surface area contributed by atoms with Crippen molar-refractivity contribution in [2.45, 2.75) is 0 Å². The Labute approximate surface area is 87.6 Å². The average Bonchev–Trinajstić information content (AvgIpc) is 2.26. The Morgan fingerprint density at radius 1 is 1.12 bits per heavy atom. The first-order chi connectivity index (χ1) is 7.59. The molecule has 2 rings (SSSR count). The van der Waals surface area contributed by atoms with E-state index in [1.165, 1.54) is 0 Å². The van der Waals surface area contributed by atoms with Crippen molar-refractivity contribution >= 4 is 0 Å². The van der Waals surface area contributed by atoms with Crippen molar-refractivity contribution in [3.63, 3.8) is 0 Å². The van der Waals surface area contributed by atoms with E-state index in [-0.39, 0.29) is 11.1 Å². The Bertz CT molecular complexity index is 572. The first-order valence-corrected chi connectivity index (χ1v) is 4.27. The van der Waals surface area contributed by atoms with E-state index in [2.05, 4.69) is 9.97 Å². The number of halogens is 3. The van der Waals surface area contributed by atoms with Gasteiger partial charge in [0, 0.05) is 6.20 Å². The van der Waals surface area contributed by atoms with E-state index in [0.717, 1.165) is 24.7 Å². The molecule has 16 heavy (non-hydrogen) atoms. The van der Waals surface area contributed by atoms with Crippen LogP contribution in [-0.4, -0.2) is 9.97 Å². The Balaban J connectivity index is 2.67. The van der Waals surface area contributed by atoms with Gasteiger partial charge in [0.2, 0.25) is 0 Å². The van der Waals surface area contributed by atoms with Gasteiger partial charge in [-0.1, -0.05) is 0 Å². The molecular formula is C10H5F3N2O. The van der Waals surface area contributed by atoms with Crippen molar-refractivity contribution in [1.82, 2.24) is 9.97 Å². The fraction of sp³-hybridized carbons (Fsp3) is 0. The molecule has 0 atom stereocenters. The van der Waals surface area contributed by atoms with E-state index in [1.807, 2.05) is 0 Å². The maximum Gasteiger partial charge on any atom is 0.258 e. The van der Waals surface area contributed by atoms with Crippen molar-refractivity contribution in [3.05, 3.63) is 52.5 Å². The number of aromatic nitrogens is 2. The molecule has 0 saturated carbocycles. The normalized spacial score (nSPS) is 10.4. The van der Waals surface area contributed by atoms with Crippen molar-refractivity contribution in [1.29, 1.82) is 0 Å². The average molecular weight is 226 g/mol. The molecule has 6 heteroatoms. The van der Waals surface area contributed by atoms with E-state index in [4.69, 9.17) is 0 Å². The number of benzene rings is 1. The number of hydrogen-bond donors (Lipinski definition) is 1. The zero-order valence-corrected chi connectivity index (χ0v) is 7.80. The Hall–Kier alpha value is -2.11. The summed E-state index contributed by atoms with van der Waals surface area (Å²) >= 11 is 0. The molecule has 82 valence electrons. The van der Waals surface area contributed by atoms with Crippen molar-refractivity contribution in [3.8, 4) is 11.1 Å². The van der Waals surface area contributed by atoms with Crippen LogP contribution in [0.1, 0.15) is 0 Å². The predicted molar refractivity (Wildman–Crippen MR) is 50.2 cm³/mol. The highest BCUT2D eigenvalue weighted by Crippen LogP contribution is 2.20.